The van der Waals surface area contributed by atoms with E-state index in [1.54, 1.807) is 12.1 Å². The summed E-state index contributed by atoms with van der Waals surface area (Å²) in [5.74, 6) is -0.931. The largest absolute Gasteiger partial charge is 0.478 e. The molecule has 0 aliphatic carbocycles. The van der Waals surface area contributed by atoms with Crippen molar-refractivity contribution in [2.75, 3.05) is 0 Å². The van der Waals surface area contributed by atoms with Gasteiger partial charge in [0, 0.05) is 0 Å². The fourth-order valence-corrected chi connectivity index (χ4v) is 0.626. The lowest BCUT2D eigenvalue weighted by Crippen LogP contribution is -2.03. The lowest BCUT2D eigenvalue weighted by molar-refractivity contribution is 0.0697. The van der Waals surface area contributed by atoms with Gasteiger partial charge in [0.1, 0.15) is 7.85 Å². The maximum atomic E-state index is 10.3. The summed E-state index contributed by atoms with van der Waals surface area (Å²) in [4.78, 5) is 10.3. The van der Waals surface area contributed by atoms with Gasteiger partial charge in [-0.3, -0.25) is 0 Å². The van der Waals surface area contributed by atoms with E-state index in [2.05, 4.69) is 0 Å². The van der Waals surface area contributed by atoms with E-state index in [4.69, 9.17) is 13.0 Å². The van der Waals surface area contributed by atoms with Gasteiger partial charge in [-0.25, -0.2) is 4.79 Å². The summed E-state index contributed by atoms with van der Waals surface area (Å²) in [7, 11) is 5.33. The van der Waals surface area contributed by atoms with Crippen molar-refractivity contribution in [2.45, 2.75) is 0 Å². The molecule has 1 aromatic rings. The fraction of sp³-hybridized carbons (Fsp3) is 0. The minimum absolute atomic E-state index is 0. The molecule has 0 bridgehead atoms. The first-order chi connectivity index (χ1) is 4.70. The lowest BCUT2D eigenvalue weighted by Gasteiger charge is -1.93. The van der Waals surface area contributed by atoms with Crippen LogP contribution in [0.3, 0.4) is 0 Å². The number of aromatic carboxylic acids is 1. The van der Waals surface area contributed by atoms with Crippen LogP contribution in [0.2, 0.25) is 0 Å². The quantitative estimate of drug-likeness (QED) is 0.517. The molecule has 64 valence electrons. The maximum Gasteiger partial charge on any atom is 0.335 e. The van der Waals surface area contributed by atoms with Gasteiger partial charge < -0.3 is 16.1 Å². The molecule has 2 radical (unpaired) electrons. The van der Waals surface area contributed by atoms with E-state index in [1.165, 1.54) is 12.1 Å². The number of hydrogen-bond acceptors (Lipinski definition) is 1. The molecule has 1 rings (SSSR count). The first kappa shape index (κ1) is 13.3. The fourth-order valence-electron chi connectivity index (χ4n) is 0.626. The Morgan fingerprint density at radius 3 is 1.92 bits per heavy atom. The van der Waals surface area contributed by atoms with E-state index >= 15 is 0 Å². The van der Waals surface area contributed by atoms with Crippen LogP contribution >= 0.6 is 0 Å². The van der Waals surface area contributed by atoms with E-state index < -0.39 is 5.97 Å². The van der Waals surface area contributed by atoms with Crippen LogP contribution < -0.4 is 5.46 Å². The third kappa shape index (κ3) is 3.18. The van der Waals surface area contributed by atoms with Crippen LogP contribution in [0.15, 0.2) is 24.3 Å². The molecule has 12 heavy (non-hydrogen) atoms. The summed E-state index contributed by atoms with van der Waals surface area (Å²) < 4.78 is 0. The first-order valence-corrected chi connectivity index (χ1v) is 2.79. The van der Waals surface area contributed by atoms with Crippen LogP contribution in [0.1, 0.15) is 10.4 Å². The SMILES string of the molecule is O.O.[B]c1ccc(C(=O)O)cc1. The summed E-state index contributed by atoms with van der Waals surface area (Å²) in [5.41, 5.74) is 0.833. The molecule has 0 saturated heterocycles. The van der Waals surface area contributed by atoms with Crippen molar-refractivity contribution in [2.24, 2.45) is 0 Å². The standard InChI is InChI=1S/C7H5BO2.2H2O/c8-6-3-1-5(2-4-6)7(9)10;;/h1-4H,(H,9,10);2*1H2. The monoisotopic (exact) mass is 168 g/mol. The van der Waals surface area contributed by atoms with Crippen LogP contribution in [-0.2, 0) is 0 Å². The second kappa shape index (κ2) is 5.34. The number of hydrogen-bond donors (Lipinski definition) is 1. The Labute approximate surface area is 70.9 Å². The van der Waals surface area contributed by atoms with Crippen LogP contribution in [0, 0.1) is 0 Å². The maximum absolute atomic E-state index is 10.3. The second-order valence-corrected chi connectivity index (χ2v) is 1.93. The summed E-state index contributed by atoms with van der Waals surface area (Å²) in [6.07, 6.45) is 0. The van der Waals surface area contributed by atoms with Crippen LogP contribution in [0.4, 0.5) is 0 Å². The Bertz CT molecular complexity index is 244. The highest BCUT2D eigenvalue weighted by atomic mass is 16.4. The Kier molecular flexibility index (Phi) is 5.91. The lowest BCUT2D eigenvalue weighted by atomic mass is 9.95. The normalized spacial score (nSPS) is 7.67. The highest BCUT2D eigenvalue weighted by Crippen LogP contribution is 1.94. The molecule has 0 spiro atoms. The molecule has 0 aliphatic heterocycles. The smallest absolute Gasteiger partial charge is 0.335 e. The van der Waals surface area contributed by atoms with Gasteiger partial charge >= 0.3 is 5.97 Å². The zero-order valence-corrected chi connectivity index (χ0v) is 6.24. The van der Waals surface area contributed by atoms with Crippen LogP contribution in [0.5, 0.6) is 0 Å². The molecule has 1 aromatic carbocycles. The molecule has 0 aromatic heterocycles. The molecule has 0 unspecified atom stereocenters. The molecule has 0 amide bonds. The third-order valence-corrected chi connectivity index (χ3v) is 1.16. The zero-order chi connectivity index (χ0) is 7.56. The molecule has 0 atom stereocenters. The number of carbonyl (C=O) groups is 1. The first-order valence-electron chi connectivity index (χ1n) is 2.79. The molecular weight excluding hydrogens is 159 g/mol. The molecule has 0 fully saturated rings. The van der Waals surface area contributed by atoms with Crippen molar-refractivity contribution >= 4 is 19.3 Å². The summed E-state index contributed by atoms with van der Waals surface area (Å²) in [5, 5.41) is 8.43. The number of carboxylic acids is 1. The topological polar surface area (TPSA) is 100 Å². The molecule has 0 aliphatic rings. The van der Waals surface area contributed by atoms with Gasteiger partial charge in [0.25, 0.3) is 0 Å². The molecule has 5 N–H and O–H groups in total. The highest BCUT2D eigenvalue weighted by Gasteiger charge is 1.98. The molecular formula is C7H9BO4. The van der Waals surface area contributed by atoms with Crippen molar-refractivity contribution in [1.82, 2.24) is 0 Å². The molecule has 5 heteroatoms. The average molecular weight is 168 g/mol. The Balaban J connectivity index is 0. The van der Waals surface area contributed by atoms with Crippen molar-refractivity contribution in [3.63, 3.8) is 0 Å². The molecule has 4 nitrogen and oxygen atoms in total. The van der Waals surface area contributed by atoms with E-state index in [0.29, 0.717) is 5.46 Å². The van der Waals surface area contributed by atoms with Crippen molar-refractivity contribution in [1.29, 1.82) is 0 Å². The van der Waals surface area contributed by atoms with Crippen molar-refractivity contribution in [3.05, 3.63) is 29.8 Å². The predicted octanol–water partition coefficient (Wildman–Crippen LogP) is -1.47. The second-order valence-electron chi connectivity index (χ2n) is 1.93. The minimum atomic E-state index is -0.931. The van der Waals surface area contributed by atoms with Gasteiger partial charge in [0.15, 0.2) is 0 Å². The summed E-state index contributed by atoms with van der Waals surface area (Å²) in [6.45, 7) is 0. The highest BCUT2D eigenvalue weighted by molar-refractivity contribution is 6.32. The van der Waals surface area contributed by atoms with Gasteiger partial charge in [-0.15, -0.1) is 0 Å². The Morgan fingerprint density at radius 2 is 1.58 bits per heavy atom. The van der Waals surface area contributed by atoms with Crippen molar-refractivity contribution in [3.8, 4) is 0 Å². The predicted molar refractivity (Wildman–Crippen MR) is 46.0 cm³/mol. The molecule has 0 heterocycles. The summed E-state index contributed by atoms with van der Waals surface area (Å²) >= 11 is 0. The van der Waals surface area contributed by atoms with Gasteiger partial charge in [0.05, 0.1) is 5.56 Å². The third-order valence-electron chi connectivity index (χ3n) is 1.16. The van der Waals surface area contributed by atoms with Gasteiger partial charge in [-0.2, -0.15) is 0 Å². The number of benzene rings is 1. The summed E-state index contributed by atoms with van der Waals surface area (Å²) in [6, 6.07) is 6.06. The minimum Gasteiger partial charge on any atom is -0.478 e. The number of rotatable bonds is 1. The van der Waals surface area contributed by atoms with Gasteiger partial charge in [-0.05, 0) is 12.1 Å². The van der Waals surface area contributed by atoms with E-state index in [-0.39, 0.29) is 16.5 Å². The van der Waals surface area contributed by atoms with E-state index in [9.17, 15) is 4.79 Å². The van der Waals surface area contributed by atoms with Gasteiger partial charge in [0.2, 0.25) is 0 Å². The average Bonchev–Trinajstić information content (AvgIpc) is 1.88. The van der Waals surface area contributed by atoms with Crippen LogP contribution in [0.25, 0.3) is 0 Å². The van der Waals surface area contributed by atoms with Crippen LogP contribution in [-0.4, -0.2) is 29.9 Å². The molecule has 0 saturated carbocycles. The zero-order valence-electron chi connectivity index (χ0n) is 6.24. The Hall–Kier alpha value is -1.33. The van der Waals surface area contributed by atoms with Crippen molar-refractivity contribution < 1.29 is 20.9 Å². The van der Waals surface area contributed by atoms with Gasteiger partial charge in [-0.1, -0.05) is 17.6 Å². The van der Waals surface area contributed by atoms with E-state index in [0.717, 1.165) is 0 Å². The van der Waals surface area contributed by atoms with E-state index in [1.807, 2.05) is 0 Å². The Morgan fingerprint density at radius 1 is 1.17 bits per heavy atom. The number of carboxylic acid groups (broad SMARTS) is 1.